The maximum Gasteiger partial charge on any atom is 0.331 e. The van der Waals surface area contributed by atoms with Gasteiger partial charge in [-0.25, -0.2) is 4.79 Å². The largest absolute Gasteiger partial charge is 0.497 e. The number of carbonyl (C=O) groups is 1. The van der Waals surface area contributed by atoms with Crippen LogP contribution in [0.5, 0.6) is 11.5 Å². The summed E-state index contributed by atoms with van der Waals surface area (Å²) in [6.07, 6.45) is 4.37. The fraction of sp³-hybridized carbons (Fsp3) is 0.167. The van der Waals surface area contributed by atoms with Gasteiger partial charge in [-0.1, -0.05) is 0 Å². The van der Waals surface area contributed by atoms with Crippen LogP contribution in [-0.4, -0.2) is 30.4 Å². The van der Waals surface area contributed by atoms with Gasteiger partial charge in [0.15, 0.2) is 12.4 Å². The van der Waals surface area contributed by atoms with Crippen molar-refractivity contribution in [2.45, 2.75) is 6.61 Å². The molecule has 0 bridgehead atoms. The Bertz CT molecular complexity index is 898. The molecule has 2 aromatic heterocycles. The molecule has 0 radical (unpaired) electrons. The number of esters is 1. The molecule has 0 saturated carbocycles. The molecule has 0 spiro atoms. The lowest BCUT2D eigenvalue weighted by Crippen LogP contribution is -2.01. The van der Waals surface area contributed by atoms with Crippen LogP contribution in [0.25, 0.3) is 17.7 Å². The molecule has 8 nitrogen and oxygen atoms in total. The van der Waals surface area contributed by atoms with Crippen LogP contribution in [0.2, 0.25) is 0 Å². The molecular weight excluding hydrogens is 340 g/mol. The van der Waals surface area contributed by atoms with Crippen molar-refractivity contribution < 1.29 is 27.8 Å². The SMILES string of the molecule is COc1ccc(/C=C/C(=O)OCc2nnc(-c3ccco3)o2)c(OC)c1. The predicted molar refractivity (Wildman–Crippen MR) is 90.4 cm³/mol. The van der Waals surface area contributed by atoms with E-state index in [1.54, 1.807) is 43.5 Å². The van der Waals surface area contributed by atoms with Crippen LogP contribution in [0.3, 0.4) is 0 Å². The molecule has 3 rings (SSSR count). The van der Waals surface area contributed by atoms with Crippen LogP contribution in [0.1, 0.15) is 11.5 Å². The maximum absolute atomic E-state index is 11.9. The second kappa shape index (κ2) is 8.02. The van der Waals surface area contributed by atoms with Crippen LogP contribution in [-0.2, 0) is 16.1 Å². The van der Waals surface area contributed by atoms with E-state index in [9.17, 15) is 4.79 Å². The summed E-state index contributed by atoms with van der Waals surface area (Å²) in [6, 6.07) is 8.66. The summed E-state index contributed by atoms with van der Waals surface area (Å²) in [4.78, 5) is 11.9. The van der Waals surface area contributed by atoms with E-state index < -0.39 is 5.97 Å². The maximum atomic E-state index is 11.9. The average Bonchev–Trinajstić information content (AvgIpc) is 3.35. The van der Waals surface area contributed by atoms with Crippen LogP contribution in [0.4, 0.5) is 0 Å². The number of furan rings is 1. The highest BCUT2D eigenvalue weighted by Gasteiger charge is 2.12. The van der Waals surface area contributed by atoms with Crippen LogP contribution >= 0.6 is 0 Å². The Morgan fingerprint density at radius 3 is 2.81 bits per heavy atom. The first-order chi connectivity index (χ1) is 12.7. The average molecular weight is 356 g/mol. The summed E-state index contributed by atoms with van der Waals surface area (Å²) in [6.45, 7) is -0.142. The van der Waals surface area contributed by atoms with E-state index in [4.69, 9.17) is 23.0 Å². The highest BCUT2D eigenvalue weighted by Crippen LogP contribution is 2.25. The van der Waals surface area contributed by atoms with Gasteiger partial charge in [-0.15, -0.1) is 10.2 Å². The lowest BCUT2D eigenvalue weighted by atomic mass is 10.2. The van der Waals surface area contributed by atoms with Gasteiger partial charge in [0, 0.05) is 17.7 Å². The lowest BCUT2D eigenvalue weighted by molar-refractivity contribution is -0.139. The predicted octanol–water partition coefficient (Wildman–Crippen LogP) is 3.10. The van der Waals surface area contributed by atoms with Crippen molar-refractivity contribution in [3.8, 4) is 23.1 Å². The fourth-order valence-corrected chi connectivity index (χ4v) is 2.11. The normalized spacial score (nSPS) is 10.8. The smallest absolute Gasteiger partial charge is 0.331 e. The molecule has 0 fully saturated rings. The Morgan fingerprint density at radius 1 is 1.19 bits per heavy atom. The number of methoxy groups -OCH3 is 2. The molecule has 0 amide bonds. The number of aromatic nitrogens is 2. The first kappa shape index (κ1) is 17.3. The molecule has 2 heterocycles. The molecule has 1 aromatic carbocycles. The Morgan fingerprint density at radius 2 is 2.08 bits per heavy atom. The first-order valence-electron chi connectivity index (χ1n) is 7.62. The van der Waals surface area contributed by atoms with E-state index >= 15 is 0 Å². The molecule has 0 aliphatic rings. The van der Waals surface area contributed by atoms with Gasteiger partial charge >= 0.3 is 5.97 Å². The van der Waals surface area contributed by atoms with Crippen LogP contribution in [0, 0.1) is 0 Å². The molecule has 0 aliphatic heterocycles. The number of ether oxygens (including phenoxy) is 3. The molecule has 0 saturated heterocycles. The van der Waals surface area contributed by atoms with E-state index in [0.717, 1.165) is 0 Å². The monoisotopic (exact) mass is 356 g/mol. The molecule has 0 atom stereocenters. The minimum Gasteiger partial charge on any atom is -0.497 e. The Hall–Kier alpha value is -3.55. The number of hydrogen-bond donors (Lipinski definition) is 0. The third kappa shape index (κ3) is 4.10. The fourth-order valence-electron chi connectivity index (χ4n) is 2.11. The third-order valence-electron chi connectivity index (χ3n) is 3.38. The third-order valence-corrected chi connectivity index (χ3v) is 3.38. The van der Waals surface area contributed by atoms with Crippen molar-refractivity contribution >= 4 is 12.0 Å². The summed E-state index contributed by atoms with van der Waals surface area (Å²) in [5.41, 5.74) is 0.711. The van der Waals surface area contributed by atoms with Crippen molar-refractivity contribution in [2.24, 2.45) is 0 Å². The second-order valence-corrected chi connectivity index (χ2v) is 5.03. The topological polar surface area (TPSA) is 96.8 Å². The molecule has 0 N–H and O–H groups in total. The Balaban J connectivity index is 1.58. The second-order valence-electron chi connectivity index (χ2n) is 5.03. The minimum absolute atomic E-state index is 0.142. The van der Waals surface area contributed by atoms with E-state index in [0.29, 0.717) is 22.8 Å². The Labute approximate surface area is 149 Å². The quantitative estimate of drug-likeness (QED) is 0.470. The summed E-state index contributed by atoms with van der Waals surface area (Å²) in [7, 11) is 3.10. The summed E-state index contributed by atoms with van der Waals surface area (Å²) < 4.78 is 26.0. The van der Waals surface area contributed by atoms with Gasteiger partial charge in [0.2, 0.25) is 0 Å². The molecule has 0 aliphatic carbocycles. The van der Waals surface area contributed by atoms with Gasteiger partial charge in [-0.3, -0.25) is 0 Å². The van der Waals surface area contributed by atoms with Crippen LogP contribution in [0.15, 0.2) is 51.5 Å². The van der Waals surface area contributed by atoms with Gasteiger partial charge in [0.25, 0.3) is 11.8 Å². The van der Waals surface area contributed by atoms with Gasteiger partial charge in [-0.2, -0.15) is 0 Å². The van der Waals surface area contributed by atoms with Gasteiger partial charge in [-0.05, 0) is 30.3 Å². The number of nitrogens with zero attached hydrogens (tertiary/aromatic N) is 2. The summed E-state index contributed by atoms with van der Waals surface area (Å²) >= 11 is 0. The minimum atomic E-state index is -0.555. The molecule has 0 unspecified atom stereocenters. The number of rotatable bonds is 7. The van der Waals surface area contributed by atoms with Gasteiger partial charge in [0.05, 0.1) is 20.5 Å². The standard InChI is InChI=1S/C18H16N2O6/c1-22-13-7-5-12(15(10-13)23-2)6-8-17(21)25-11-16-19-20-18(26-16)14-4-3-9-24-14/h3-10H,11H2,1-2H3/b8-6+. The summed E-state index contributed by atoms with van der Waals surface area (Å²) in [5, 5.41) is 7.62. The highest BCUT2D eigenvalue weighted by atomic mass is 16.5. The number of benzene rings is 1. The Kier molecular flexibility index (Phi) is 5.33. The summed E-state index contributed by atoms with van der Waals surface area (Å²) in [5.74, 6) is 1.51. The van der Waals surface area contributed by atoms with Crippen molar-refractivity contribution in [3.63, 3.8) is 0 Å². The van der Waals surface area contributed by atoms with Gasteiger partial charge < -0.3 is 23.0 Å². The van der Waals surface area contributed by atoms with Crippen molar-refractivity contribution in [1.82, 2.24) is 10.2 Å². The van der Waals surface area contributed by atoms with Crippen molar-refractivity contribution in [3.05, 3.63) is 54.1 Å². The zero-order chi connectivity index (χ0) is 18.4. The van der Waals surface area contributed by atoms with Crippen LogP contribution < -0.4 is 9.47 Å². The molecule has 3 aromatic rings. The zero-order valence-electron chi connectivity index (χ0n) is 14.2. The lowest BCUT2D eigenvalue weighted by Gasteiger charge is -2.07. The van der Waals surface area contributed by atoms with Crippen molar-refractivity contribution in [1.29, 1.82) is 0 Å². The zero-order valence-corrected chi connectivity index (χ0v) is 14.2. The molecule has 8 heteroatoms. The van der Waals surface area contributed by atoms with E-state index in [1.807, 2.05) is 0 Å². The highest BCUT2D eigenvalue weighted by molar-refractivity contribution is 5.87. The van der Waals surface area contributed by atoms with Gasteiger partial charge in [0.1, 0.15) is 11.5 Å². The number of carbonyl (C=O) groups excluding carboxylic acids is 1. The van der Waals surface area contributed by atoms with Crippen molar-refractivity contribution in [2.75, 3.05) is 14.2 Å². The first-order valence-corrected chi connectivity index (χ1v) is 7.62. The number of hydrogen-bond acceptors (Lipinski definition) is 8. The van der Waals surface area contributed by atoms with E-state index in [2.05, 4.69) is 10.2 Å². The van der Waals surface area contributed by atoms with E-state index in [1.165, 1.54) is 19.4 Å². The molecule has 26 heavy (non-hydrogen) atoms. The molecular formula is C18H16N2O6. The molecule has 134 valence electrons. The van der Waals surface area contributed by atoms with E-state index in [-0.39, 0.29) is 18.4 Å².